The molecule has 18 heavy (non-hydrogen) atoms. The van der Waals surface area contributed by atoms with E-state index >= 15 is 0 Å². The molecule has 1 N–H and O–H groups in total. The van der Waals surface area contributed by atoms with Crippen molar-refractivity contribution in [2.75, 3.05) is 19.6 Å². The van der Waals surface area contributed by atoms with E-state index in [1.54, 1.807) is 11.3 Å². The molecular formula is C13H16N4S. The number of hydrogen-bond donors (Lipinski definition) is 1. The summed E-state index contributed by atoms with van der Waals surface area (Å²) in [7, 11) is 0. The van der Waals surface area contributed by atoms with Crippen LogP contribution in [0.4, 0.5) is 0 Å². The average Bonchev–Trinajstić information content (AvgIpc) is 2.93. The third-order valence-electron chi connectivity index (χ3n) is 3.27. The summed E-state index contributed by atoms with van der Waals surface area (Å²) in [5.41, 5.74) is 4.34. The number of nitrogens with one attached hydrogen (secondary N) is 1. The fourth-order valence-electron chi connectivity index (χ4n) is 2.36. The van der Waals surface area contributed by atoms with Gasteiger partial charge >= 0.3 is 0 Å². The van der Waals surface area contributed by atoms with Crippen molar-refractivity contribution in [3.63, 3.8) is 0 Å². The molecule has 1 fully saturated rings. The molecule has 1 aliphatic heterocycles. The first-order valence-corrected chi connectivity index (χ1v) is 7.09. The van der Waals surface area contributed by atoms with E-state index in [0.717, 1.165) is 31.9 Å². The van der Waals surface area contributed by atoms with Gasteiger partial charge in [-0.2, -0.15) is 0 Å². The molecule has 2 aromatic heterocycles. The molecule has 3 rings (SSSR count). The lowest BCUT2D eigenvalue weighted by Crippen LogP contribution is -2.45. The first-order chi connectivity index (χ1) is 8.93. The lowest BCUT2D eigenvalue weighted by molar-refractivity contribution is 0.152. The van der Waals surface area contributed by atoms with Gasteiger partial charge in [0.1, 0.15) is 0 Å². The fourth-order valence-corrected chi connectivity index (χ4v) is 2.91. The van der Waals surface area contributed by atoms with Crippen molar-refractivity contribution in [1.82, 2.24) is 20.2 Å². The van der Waals surface area contributed by atoms with Crippen LogP contribution in [-0.2, 0) is 6.54 Å². The van der Waals surface area contributed by atoms with E-state index in [-0.39, 0.29) is 0 Å². The highest BCUT2D eigenvalue weighted by atomic mass is 32.1. The zero-order valence-electron chi connectivity index (χ0n) is 10.1. The van der Waals surface area contributed by atoms with Gasteiger partial charge in [0.15, 0.2) is 0 Å². The highest BCUT2D eigenvalue weighted by Crippen LogP contribution is 2.23. The molecule has 94 valence electrons. The summed E-state index contributed by atoms with van der Waals surface area (Å²) >= 11 is 1.66. The summed E-state index contributed by atoms with van der Waals surface area (Å²) in [5.74, 6) is 0. The molecule has 1 aliphatic rings. The topological polar surface area (TPSA) is 41.1 Å². The van der Waals surface area contributed by atoms with E-state index in [2.05, 4.69) is 31.6 Å². The van der Waals surface area contributed by atoms with Crippen LogP contribution in [0.1, 0.15) is 17.3 Å². The van der Waals surface area contributed by atoms with Crippen LogP contribution in [0.15, 0.2) is 35.4 Å². The number of hydrogen-bond acceptors (Lipinski definition) is 5. The number of rotatable bonds is 3. The van der Waals surface area contributed by atoms with Gasteiger partial charge < -0.3 is 5.32 Å². The van der Waals surface area contributed by atoms with Crippen molar-refractivity contribution < 1.29 is 0 Å². The first-order valence-electron chi connectivity index (χ1n) is 6.15. The molecule has 3 heterocycles. The van der Waals surface area contributed by atoms with Crippen LogP contribution in [0.5, 0.6) is 0 Å². The zero-order chi connectivity index (χ0) is 12.2. The van der Waals surface area contributed by atoms with Gasteiger partial charge in [-0.15, -0.1) is 11.3 Å². The van der Waals surface area contributed by atoms with E-state index in [1.807, 2.05) is 24.0 Å². The van der Waals surface area contributed by atoms with Crippen LogP contribution < -0.4 is 5.32 Å². The second-order valence-corrected chi connectivity index (χ2v) is 5.18. The monoisotopic (exact) mass is 260 g/mol. The Kier molecular flexibility index (Phi) is 3.64. The lowest BCUT2D eigenvalue weighted by atomic mass is 10.1. The predicted octanol–water partition coefficient (Wildman–Crippen LogP) is 1.68. The molecule has 0 bridgehead atoms. The van der Waals surface area contributed by atoms with Crippen molar-refractivity contribution in [3.8, 4) is 0 Å². The number of thiazole rings is 1. The summed E-state index contributed by atoms with van der Waals surface area (Å²) in [6, 6.07) is 4.55. The molecule has 0 radical (unpaired) electrons. The Morgan fingerprint density at radius 2 is 2.50 bits per heavy atom. The van der Waals surface area contributed by atoms with Gasteiger partial charge in [0, 0.05) is 50.0 Å². The maximum atomic E-state index is 4.38. The Morgan fingerprint density at radius 3 is 3.28 bits per heavy atom. The molecule has 0 spiro atoms. The number of piperazine rings is 1. The normalized spacial score (nSPS) is 21.0. The predicted molar refractivity (Wildman–Crippen MR) is 72.4 cm³/mol. The van der Waals surface area contributed by atoms with Crippen LogP contribution in [0.3, 0.4) is 0 Å². The van der Waals surface area contributed by atoms with E-state index in [1.165, 1.54) is 5.56 Å². The second kappa shape index (κ2) is 5.56. The average molecular weight is 260 g/mol. The van der Waals surface area contributed by atoms with Gasteiger partial charge in [-0.3, -0.25) is 9.88 Å². The molecule has 1 atom stereocenters. The smallest absolute Gasteiger partial charge is 0.0795 e. The molecule has 0 saturated carbocycles. The van der Waals surface area contributed by atoms with E-state index < -0.39 is 0 Å². The first kappa shape index (κ1) is 11.8. The van der Waals surface area contributed by atoms with Gasteiger partial charge in [0.05, 0.1) is 11.2 Å². The van der Waals surface area contributed by atoms with E-state index in [9.17, 15) is 0 Å². The quantitative estimate of drug-likeness (QED) is 0.911. The summed E-state index contributed by atoms with van der Waals surface area (Å²) in [4.78, 5) is 11.1. The fraction of sp³-hybridized carbons (Fsp3) is 0.385. The van der Waals surface area contributed by atoms with Gasteiger partial charge in [-0.25, -0.2) is 4.98 Å². The lowest BCUT2D eigenvalue weighted by Gasteiger charge is -2.35. The highest BCUT2D eigenvalue weighted by molar-refractivity contribution is 7.07. The van der Waals surface area contributed by atoms with E-state index in [0.29, 0.717) is 6.04 Å². The molecule has 0 aromatic carbocycles. The Balaban J connectivity index is 1.78. The standard InChI is InChI=1S/C13H16N4S/c1-2-11(6-14-3-1)13-7-15-4-5-17(13)8-12-9-18-10-16-12/h1-3,6,9-10,13,15H,4-5,7-8H2. The van der Waals surface area contributed by atoms with Crippen LogP contribution in [0.2, 0.25) is 0 Å². The Morgan fingerprint density at radius 1 is 1.50 bits per heavy atom. The number of nitrogens with zero attached hydrogens (tertiary/aromatic N) is 3. The maximum absolute atomic E-state index is 4.38. The van der Waals surface area contributed by atoms with Gasteiger partial charge in [0.25, 0.3) is 0 Å². The van der Waals surface area contributed by atoms with Gasteiger partial charge in [0.2, 0.25) is 0 Å². The van der Waals surface area contributed by atoms with Crippen LogP contribution in [-0.4, -0.2) is 34.5 Å². The number of pyridine rings is 1. The minimum absolute atomic E-state index is 0.397. The molecule has 1 unspecified atom stereocenters. The van der Waals surface area contributed by atoms with Crippen molar-refractivity contribution in [2.24, 2.45) is 0 Å². The van der Waals surface area contributed by atoms with Crippen LogP contribution >= 0.6 is 11.3 Å². The van der Waals surface area contributed by atoms with Gasteiger partial charge in [-0.1, -0.05) is 6.07 Å². The molecule has 2 aromatic rings. The molecule has 1 saturated heterocycles. The highest BCUT2D eigenvalue weighted by Gasteiger charge is 2.24. The Hall–Kier alpha value is -1.30. The van der Waals surface area contributed by atoms with Crippen molar-refractivity contribution in [1.29, 1.82) is 0 Å². The van der Waals surface area contributed by atoms with Crippen molar-refractivity contribution >= 4 is 11.3 Å². The molecule has 0 aliphatic carbocycles. The largest absolute Gasteiger partial charge is 0.314 e. The van der Waals surface area contributed by atoms with Crippen molar-refractivity contribution in [3.05, 3.63) is 46.7 Å². The minimum Gasteiger partial charge on any atom is -0.314 e. The van der Waals surface area contributed by atoms with Gasteiger partial charge in [-0.05, 0) is 11.6 Å². The van der Waals surface area contributed by atoms with Crippen LogP contribution in [0.25, 0.3) is 0 Å². The third kappa shape index (κ3) is 2.58. The molecule has 0 amide bonds. The van der Waals surface area contributed by atoms with Crippen molar-refractivity contribution in [2.45, 2.75) is 12.6 Å². The Labute approximate surface area is 111 Å². The minimum atomic E-state index is 0.397. The molecule has 4 nitrogen and oxygen atoms in total. The maximum Gasteiger partial charge on any atom is 0.0795 e. The van der Waals surface area contributed by atoms with E-state index in [4.69, 9.17) is 0 Å². The SMILES string of the molecule is c1cncc(C2CNCCN2Cc2cscn2)c1. The zero-order valence-corrected chi connectivity index (χ0v) is 10.9. The summed E-state index contributed by atoms with van der Waals surface area (Å²) in [6.45, 7) is 4.00. The summed E-state index contributed by atoms with van der Waals surface area (Å²) in [6.07, 6.45) is 3.79. The van der Waals surface area contributed by atoms with Crippen LogP contribution in [0, 0.1) is 0 Å². The third-order valence-corrected chi connectivity index (χ3v) is 3.91. The summed E-state index contributed by atoms with van der Waals surface area (Å²) < 4.78 is 0. The molecular weight excluding hydrogens is 244 g/mol. The number of aromatic nitrogens is 2. The summed E-state index contributed by atoms with van der Waals surface area (Å²) in [5, 5.41) is 5.58. The second-order valence-electron chi connectivity index (χ2n) is 4.46. The molecule has 5 heteroatoms. The Bertz CT molecular complexity index is 471.